The van der Waals surface area contributed by atoms with Crippen LogP contribution in [0.3, 0.4) is 0 Å². The maximum absolute atomic E-state index is 13.4. The standard InChI is InChI=1S/C20H32N4O6S/c1-14(2)19(20(21)26)24(27)18(13-17(25)23-11-9-22(3)10-12-23)31(28,29)16-7-5-15(30-4)6-8-16/h5-8,14,18-19,27H,9-13H2,1-4H3,(H2,21,26)/t18?,19-/m1/s1. The number of nitrogens with two attached hydrogens (primary N) is 1. The highest BCUT2D eigenvalue weighted by molar-refractivity contribution is 7.92. The Labute approximate surface area is 183 Å². The molecule has 3 N–H and O–H groups in total. The van der Waals surface area contributed by atoms with E-state index in [1.165, 1.54) is 31.4 Å². The molecule has 31 heavy (non-hydrogen) atoms. The maximum atomic E-state index is 13.4. The van der Waals surface area contributed by atoms with Crippen LogP contribution >= 0.6 is 0 Å². The van der Waals surface area contributed by atoms with Gasteiger partial charge in [0.15, 0.2) is 15.2 Å². The van der Waals surface area contributed by atoms with Gasteiger partial charge >= 0.3 is 0 Å². The lowest BCUT2D eigenvalue weighted by Gasteiger charge is -2.36. The largest absolute Gasteiger partial charge is 0.497 e. The summed E-state index contributed by atoms with van der Waals surface area (Å²) in [5.41, 5.74) is 5.43. The van der Waals surface area contributed by atoms with E-state index in [0.717, 1.165) is 0 Å². The van der Waals surface area contributed by atoms with E-state index in [4.69, 9.17) is 10.5 Å². The lowest BCUT2D eigenvalue weighted by atomic mass is 10.0. The van der Waals surface area contributed by atoms with Gasteiger partial charge in [-0.25, -0.2) is 8.42 Å². The Morgan fingerprint density at radius 2 is 1.71 bits per heavy atom. The van der Waals surface area contributed by atoms with Crippen molar-refractivity contribution in [1.82, 2.24) is 14.9 Å². The Balaban J connectivity index is 2.40. The minimum atomic E-state index is -4.23. The fourth-order valence-corrected chi connectivity index (χ4v) is 5.15. The number of nitrogens with zero attached hydrogens (tertiary/aromatic N) is 3. The molecule has 174 valence electrons. The Morgan fingerprint density at radius 1 is 1.16 bits per heavy atom. The van der Waals surface area contributed by atoms with Gasteiger partial charge < -0.3 is 25.5 Å². The quantitative estimate of drug-likeness (QED) is 0.502. The van der Waals surface area contributed by atoms with E-state index < -0.39 is 45.4 Å². The van der Waals surface area contributed by atoms with Crippen molar-refractivity contribution in [1.29, 1.82) is 0 Å². The molecule has 10 nitrogen and oxygen atoms in total. The van der Waals surface area contributed by atoms with Crippen LogP contribution in [0.2, 0.25) is 0 Å². The van der Waals surface area contributed by atoms with E-state index in [1.54, 1.807) is 18.7 Å². The molecule has 1 aromatic rings. The van der Waals surface area contributed by atoms with Crippen molar-refractivity contribution >= 4 is 21.7 Å². The number of amides is 2. The summed E-state index contributed by atoms with van der Waals surface area (Å²) in [6.45, 7) is 5.52. The first-order chi connectivity index (χ1) is 14.5. The van der Waals surface area contributed by atoms with E-state index in [-0.39, 0.29) is 4.90 Å². The van der Waals surface area contributed by atoms with E-state index in [0.29, 0.717) is 37.0 Å². The number of benzene rings is 1. The number of likely N-dealkylation sites (N-methyl/N-ethyl adjacent to an activating group) is 1. The summed E-state index contributed by atoms with van der Waals surface area (Å²) < 4.78 is 31.9. The molecule has 2 atom stereocenters. The number of carbonyl (C=O) groups excluding carboxylic acids is 2. The minimum Gasteiger partial charge on any atom is -0.497 e. The molecule has 0 bridgehead atoms. The van der Waals surface area contributed by atoms with E-state index >= 15 is 0 Å². The van der Waals surface area contributed by atoms with Gasteiger partial charge in [0.05, 0.1) is 18.4 Å². The number of methoxy groups -OCH3 is 1. The highest BCUT2D eigenvalue weighted by Gasteiger charge is 2.41. The second kappa shape index (κ2) is 10.4. The Morgan fingerprint density at radius 3 is 2.16 bits per heavy atom. The van der Waals surface area contributed by atoms with Crippen molar-refractivity contribution in [3.63, 3.8) is 0 Å². The first kappa shape index (κ1) is 25.1. The molecule has 1 aliphatic heterocycles. The summed E-state index contributed by atoms with van der Waals surface area (Å²) in [5.74, 6) is -1.31. The zero-order valence-electron chi connectivity index (χ0n) is 18.4. The molecule has 1 aliphatic rings. The Hall–Kier alpha value is -2.21. The fraction of sp³-hybridized carbons (Fsp3) is 0.600. The maximum Gasteiger partial charge on any atom is 0.237 e. The van der Waals surface area contributed by atoms with Crippen molar-refractivity contribution in [3.05, 3.63) is 24.3 Å². The highest BCUT2D eigenvalue weighted by atomic mass is 32.2. The molecule has 0 aliphatic carbocycles. The second-order valence-corrected chi connectivity index (χ2v) is 10.1. The average Bonchev–Trinajstić information content (AvgIpc) is 2.71. The van der Waals surface area contributed by atoms with E-state index in [2.05, 4.69) is 4.90 Å². The van der Waals surface area contributed by atoms with Gasteiger partial charge in [0, 0.05) is 26.2 Å². The highest BCUT2D eigenvalue weighted by Crippen LogP contribution is 2.26. The van der Waals surface area contributed by atoms with E-state index in [1.807, 2.05) is 7.05 Å². The third kappa shape index (κ3) is 5.94. The molecular weight excluding hydrogens is 424 g/mol. The van der Waals surface area contributed by atoms with Crippen molar-refractivity contribution in [2.24, 2.45) is 11.7 Å². The Kier molecular flexibility index (Phi) is 8.41. The summed E-state index contributed by atoms with van der Waals surface area (Å²) in [4.78, 5) is 28.4. The molecule has 1 fully saturated rings. The molecule has 2 rings (SSSR count). The first-order valence-electron chi connectivity index (χ1n) is 10.1. The van der Waals surface area contributed by atoms with Gasteiger partial charge in [0.25, 0.3) is 0 Å². The molecule has 1 aromatic carbocycles. The number of sulfone groups is 1. The number of ether oxygens (including phenoxy) is 1. The Bertz CT molecular complexity index is 866. The molecule has 0 aromatic heterocycles. The summed E-state index contributed by atoms with van der Waals surface area (Å²) in [6, 6.07) is 4.34. The molecule has 1 unspecified atom stereocenters. The summed E-state index contributed by atoms with van der Waals surface area (Å²) in [5, 5.41) is 9.60. The number of hydrogen-bond donors (Lipinski definition) is 2. The first-order valence-corrected chi connectivity index (χ1v) is 11.6. The lowest BCUT2D eigenvalue weighted by molar-refractivity contribution is -0.169. The zero-order valence-corrected chi connectivity index (χ0v) is 19.2. The molecule has 0 saturated carbocycles. The molecule has 0 spiro atoms. The second-order valence-electron chi connectivity index (χ2n) is 8.03. The number of hydrogen-bond acceptors (Lipinski definition) is 8. The van der Waals surface area contributed by atoms with Gasteiger partial charge in [0.1, 0.15) is 11.8 Å². The fourth-order valence-electron chi connectivity index (χ4n) is 3.55. The summed E-state index contributed by atoms with van der Waals surface area (Å²) >= 11 is 0. The average molecular weight is 457 g/mol. The number of piperazine rings is 1. The topological polar surface area (TPSA) is 133 Å². The number of carbonyl (C=O) groups is 2. The van der Waals surface area contributed by atoms with Gasteiger partial charge in [-0.3, -0.25) is 9.59 Å². The van der Waals surface area contributed by atoms with Crippen molar-refractivity contribution in [2.45, 2.75) is 36.6 Å². The van der Waals surface area contributed by atoms with Crippen LogP contribution in [0.25, 0.3) is 0 Å². The van der Waals surface area contributed by atoms with Crippen LogP contribution in [-0.2, 0) is 19.4 Å². The molecule has 1 heterocycles. The molecule has 2 amide bonds. The van der Waals surface area contributed by atoms with Crippen LogP contribution < -0.4 is 10.5 Å². The predicted octanol–water partition coefficient (Wildman–Crippen LogP) is 0.160. The van der Waals surface area contributed by atoms with Crippen molar-refractivity contribution < 1.29 is 28.0 Å². The number of hydroxylamine groups is 2. The summed E-state index contributed by atoms with van der Waals surface area (Å²) in [6.07, 6.45) is -0.509. The van der Waals surface area contributed by atoms with Crippen LogP contribution in [0, 0.1) is 5.92 Å². The third-order valence-corrected chi connectivity index (χ3v) is 7.48. The van der Waals surface area contributed by atoms with Crippen LogP contribution in [0.15, 0.2) is 29.2 Å². The monoisotopic (exact) mass is 456 g/mol. The number of rotatable bonds is 9. The van der Waals surface area contributed by atoms with Crippen LogP contribution in [0.5, 0.6) is 5.75 Å². The number of primary amides is 1. The molecule has 1 saturated heterocycles. The molecule has 0 radical (unpaired) electrons. The van der Waals surface area contributed by atoms with Gasteiger partial charge in [-0.2, -0.15) is 5.06 Å². The van der Waals surface area contributed by atoms with Crippen LogP contribution in [0.1, 0.15) is 20.3 Å². The van der Waals surface area contributed by atoms with Gasteiger partial charge in [-0.05, 0) is 37.2 Å². The molecule has 11 heteroatoms. The smallest absolute Gasteiger partial charge is 0.237 e. The normalized spacial score (nSPS) is 17.6. The third-order valence-electron chi connectivity index (χ3n) is 5.45. The minimum absolute atomic E-state index is 0.101. The van der Waals surface area contributed by atoms with Crippen molar-refractivity contribution in [3.8, 4) is 5.75 Å². The van der Waals surface area contributed by atoms with Gasteiger partial charge in [-0.15, -0.1) is 0 Å². The van der Waals surface area contributed by atoms with E-state index in [9.17, 15) is 23.2 Å². The SMILES string of the molecule is COc1ccc(S(=O)(=O)C(CC(=O)N2CCN(C)CC2)N(O)[C@@H](C(N)=O)C(C)C)cc1. The molecular formula is C20H32N4O6S. The van der Waals surface area contributed by atoms with Gasteiger partial charge in [0.2, 0.25) is 11.8 Å². The lowest BCUT2D eigenvalue weighted by Crippen LogP contribution is -2.55. The van der Waals surface area contributed by atoms with Crippen LogP contribution in [0.4, 0.5) is 0 Å². The van der Waals surface area contributed by atoms with Crippen LogP contribution in [-0.4, -0.2) is 92.1 Å². The predicted molar refractivity (Wildman–Crippen MR) is 114 cm³/mol. The zero-order chi connectivity index (χ0) is 23.3. The summed E-state index contributed by atoms with van der Waals surface area (Å²) in [7, 11) is -0.833. The van der Waals surface area contributed by atoms with Crippen molar-refractivity contribution in [2.75, 3.05) is 40.3 Å². The van der Waals surface area contributed by atoms with Gasteiger partial charge in [-0.1, -0.05) is 13.8 Å².